The van der Waals surface area contributed by atoms with Crippen molar-refractivity contribution in [3.8, 4) is 0 Å². The largest absolute Gasteiger partial charge is 0.375 e. The molecule has 6 heteroatoms. The van der Waals surface area contributed by atoms with E-state index in [4.69, 9.17) is 9.79 Å². The third-order valence-corrected chi connectivity index (χ3v) is 1.67. The van der Waals surface area contributed by atoms with Crippen molar-refractivity contribution in [2.75, 3.05) is 6.67 Å². The van der Waals surface area contributed by atoms with E-state index in [-0.39, 0.29) is 12.1 Å². The number of hydrogen-bond acceptors (Lipinski definition) is 3. The van der Waals surface area contributed by atoms with Crippen LogP contribution >= 0.6 is 7.60 Å². The first-order valence-corrected chi connectivity index (χ1v) is 3.82. The van der Waals surface area contributed by atoms with Gasteiger partial charge in [-0.1, -0.05) is 0 Å². The van der Waals surface area contributed by atoms with E-state index < -0.39 is 7.60 Å². The van der Waals surface area contributed by atoms with E-state index in [0.29, 0.717) is 0 Å². The van der Waals surface area contributed by atoms with Crippen molar-refractivity contribution in [3.05, 3.63) is 0 Å². The van der Waals surface area contributed by atoms with Crippen LogP contribution in [0.2, 0.25) is 0 Å². The van der Waals surface area contributed by atoms with Gasteiger partial charge in [-0.05, 0) is 0 Å². The first-order chi connectivity index (χ1) is 4.11. The molecular weight excluding hydrogens is 143 g/mol. The summed E-state index contributed by atoms with van der Waals surface area (Å²) in [5.41, 5.74) is -0.220. The molecule has 1 heterocycles. The predicted octanol–water partition coefficient (Wildman–Crippen LogP) is -0.395. The maximum Gasteiger partial charge on any atom is 0.375 e. The van der Waals surface area contributed by atoms with Gasteiger partial charge in [0.05, 0.1) is 6.21 Å². The van der Waals surface area contributed by atoms with E-state index in [2.05, 4.69) is 9.98 Å². The fourth-order valence-corrected chi connectivity index (χ4v) is 0.923. The number of aliphatic imine (C=N–C) groups is 2. The van der Waals surface area contributed by atoms with Crippen molar-refractivity contribution < 1.29 is 14.4 Å². The van der Waals surface area contributed by atoms with Gasteiger partial charge in [0.15, 0.2) is 5.45 Å². The van der Waals surface area contributed by atoms with Gasteiger partial charge < -0.3 is 9.79 Å². The average molecular weight is 148 g/mol. The van der Waals surface area contributed by atoms with Crippen LogP contribution in [0.3, 0.4) is 0 Å². The lowest BCUT2D eigenvalue weighted by Gasteiger charge is -1.96. The van der Waals surface area contributed by atoms with E-state index in [1.165, 1.54) is 0 Å². The Morgan fingerprint density at radius 3 is 2.56 bits per heavy atom. The Morgan fingerprint density at radius 2 is 2.33 bits per heavy atom. The summed E-state index contributed by atoms with van der Waals surface area (Å²) >= 11 is 0. The fourth-order valence-electron chi connectivity index (χ4n) is 0.444. The molecule has 0 saturated carbocycles. The zero-order valence-electron chi connectivity index (χ0n) is 4.43. The Hall–Kier alpha value is -0.510. The molecule has 0 saturated heterocycles. The molecule has 1 rings (SSSR count). The molecular formula is C3H5N2O3P. The molecule has 0 fully saturated rings. The van der Waals surface area contributed by atoms with Gasteiger partial charge in [0.1, 0.15) is 6.67 Å². The Labute approximate surface area is 51.3 Å². The van der Waals surface area contributed by atoms with Crippen LogP contribution in [0.25, 0.3) is 0 Å². The summed E-state index contributed by atoms with van der Waals surface area (Å²) in [5, 5.41) is 0. The van der Waals surface area contributed by atoms with E-state index >= 15 is 0 Å². The minimum absolute atomic E-state index is 0.139. The molecule has 1 aliphatic heterocycles. The molecule has 0 amide bonds. The van der Waals surface area contributed by atoms with Crippen molar-refractivity contribution in [2.24, 2.45) is 9.98 Å². The number of hydrogen-bond donors (Lipinski definition) is 2. The summed E-state index contributed by atoms with van der Waals surface area (Å²) in [5.74, 6) is 0. The lowest BCUT2D eigenvalue weighted by atomic mass is 10.8. The van der Waals surface area contributed by atoms with Gasteiger partial charge >= 0.3 is 7.60 Å². The highest BCUT2D eigenvalue weighted by molar-refractivity contribution is 7.73. The molecule has 5 nitrogen and oxygen atoms in total. The summed E-state index contributed by atoms with van der Waals surface area (Å²) in [6, 6.07) is 0. The molecule has 50 valence electrons. The van der Waals surface area contributed by atoms with Gasteiger partial charge in [-0.3, -0.25) is 14.5 Å². The predicted molar refractivity (Wildman–Crippen MR) is 32.8 cm³/mol. The van der Waals surface area contributed by atoms with E-state index in [9.17, 15) is 4.57 Å². The standard InChI is InChI=1S/C3H5N2O3P/c6-9(7,8)3-1-4-2-5-3/h1H,2H2,(H2,6,7,8). The minimum atomic E-state index is -4.11. The molecule has 0 atom stereocenters. The van der Waals surface area contributed by atoms with Crippen molar-refractivity contribution >= 4 is 19.3 Å². The molecule has 0 aromatic heterocycles. The molecule has 0 aromatic carbocycles. The number of nitrogens with zero attached hydrogens (tertiary/aromatic N) is 2. The molecule has 0 unspecified atom stereocenters. The summed E-state index contributed by atoms with van der Waals surface area (Å²) in [7, 11) is -4.11. The molecule has 2 N–H and O–H groups in total. The molecule has 9 heavy (non-hydrogen) atoms. The second-order valence-electron chi connectivity index (χ2n) is 1.51. The highest BCUT2D eigenvalue weighted by atomic mass is 31.2. The Bertz CT molecular complexity index is 215. The van der Waals surface area contributed by atoms with Gasteiger partial charge in [-0.15, -0.1) is 0 Å². The van der Waals surface area contributed by atoms with Crippen LogP contribution in [-0.2, 0) is 4.57 Å². The highest BCUT2D eigenvalue weighted by Crippen LogP contribution is 2.36. The van der Waals surface area contributed by atoms with E-state index in [1.807, 2.05) is 0 Å². The SMILES string of the molecule is O=P(O)(O)C1=NCN=C1. The second kappa shape index (κ2) is 2.02. The molecule has 0 aliphatic carbocycles. The van der Waals surface area contributed by atoms with Crippen molar-refractivity contribution in [1.29, 1.82) is 0 Å². The summed E-state index contributed by atoms with van der Waals surface area (Å²) in [6.07, 6.45) is 1.10. The lowest BCUT2D eigenvalue weighted by molar-refractivity contribution is 0.391. The Balaban J connectivity index is 2.86. The molecule has 0 bridgehead atoms. The molecule has 0 aromatic rings. The summed E-state index contributed by atoms with van der Waals surface area (Å²) < 4.78 is 10.3. The zero-order valence-corrected chi connectivity index (χ0v) is 5.32. The lowest BCUT2D eigenvalue weighted by Crippen LogP contribution is -1.96. The van der Waals surface area contributed by atoms with Gasteiger partial charge in [0.25, 0.3) is 0 Å². The van der Waals surface area contributed by atoms with Crippen molar-refractivity contribution in [3.63, 3.8) is 0 Å². The van der Waals surface area contributed by atoms with Crippen LogP contribution in [0.15, 0.2) is 9.98 Å². The molecule has 1 aliphatic rings. The normalized spacial score (nSPS) is 18.2. The van der Waals surface area contributed by atoms with Gasteiger partial charge in [-0.2, -0.15) is 0 Å². The van der Waals surface area contributed by atoms with Crippen LogP contribution in [-0.4, -0.2) is 28.1 Å². The van der Waals surface area contributed by atoms with E-state index in [0.717, 1.165) is 6.21 Å². The van der Waals surface area contributed by atoms with Gasteiger partial charge in [0.2, 0.25) is 0 Å². The summed E-state index contributed by atoms with van der Waals surface area (Å²) in [4.78, 5) is 23.8. The topological polar surface area (TPSA) is 82.2 Å². The third kappa shape index (κ3) is 1.45. The maximum atomic E-state index is 10.3. The maximum absolute atomic E-state index is 10.3. The third-order valence-electron chi connectivity index (χ3n) is 0.820. The van der Waals surface area contributed by atoms with Crippen molar-refractivity contribution in [2.45, 2.75) is 0 Å². The highest BCUT2D eigenvalue weighted by Gasteiger charge is 2.22. The van der Waals surface area contributed by atoms with Crippen LogP contribution in [0.1, 0.15) is 0 Å². The fraction of sp³-hybridized carbons (Fsp3) is 0.333. The smallest absolute Gasteiger partial charge is 0.320 e. The van der Waals surface area contributed by atoms with E-state index in [1.54, 1.807) is 0 Å². The van der Waals surface area contributed by atoms with Crippen LogP contribution in [0.5, 0.6) is 0 Å². The van der Waals surface area contributed by atoms with Gasteiger partial charge in [0, 0.05) is 0 Å². The first-order valence-electron chi connectivity index (χ1n) is 2.21. The first kappa shape index (κ1) is 6.61. The second-order valence-corrected chi connectivity index (χ2v) is 3.06. The molecule has 0 spiro atoms. The monoisotopic (exact) mass is 148 g/mol. The average Bonchev–Trinajstić information content (AvgIpc) is 2.08. The van der Waals surface area contributed by atoms with Crippen LogP contribution < -0.4 is 0 Å². The van der Waals surface area contributed by atoms with Gasteiger partial charge in [-0.25, -0.2) is 0 Å². The molecule has 0 radical (unpaired) electrons. The van der Waals surface area contributed by atoms with Crippen LogP contribution in [0, 0.1) is 0 Å². The zero-order chi connectivity index (χ0) is 6.91. The summed E-state index contributed by atoms with van der Waals surface area (Å²) in [6.45, 7) is 0.139. The Kier molecular flexibility index (Phi) is 1.48. The Morgan fingerprint density at radius 1 is 1.67 bits per heavy atom. The quantitative estimate of drug-likeness (QED) is 0.496. The minimum Gasteiger partial charge on any atom is -0.320 e. The van der Waals surface area contributed by atoms with Crippen LogP contribution in [0.4, 0.5) is 0 Å². The van der Waals surface area contributed by atoms with Crippen molar-refractivity contribution in [1.82, 2.24) is 0 Å². The number of rotatable bonds is 1.